The van der Waals surface area contributed by atoms with Gasteiger partial charge in [-0.05, 0) is 37.7 Å². The van der Waals surface area contributed by atoms with Crippen molar-refractivity contribution in [3.05, 3.63) is 63.6 Å². The Morgan fingerprint density at radius 3 is 2.68 bits per heavy atom. The van der Waals surface area contributed by atoms with Crippen molar-refractivity contribution in [2.24, 2.45) is 0 Å². The van der Waals surface area contributed by atoms with Crippen molar-refractivity contribution >= 4 is 15.9 Å². The van der Waals surface area contributed by atoms with Crippen molar-refractivity contribution in [2.45, 2.75) is 19.4 Å². The van der Waals surface area contributed by atoms with Gasteiger partial charge in [0.15, 0.2) is 0 Å². The van der Waals surface area contributed by atoms with Gasteiger partial charge in [-0.25, -0.2) is 4.39 Å². The highest BCUT2D eigenvalue weighted by molar-refractivity contribution is 9.10. The minimum Gasteiger partial charge on any atom is -0.313 e. The molecule has 0 fully saturated rings. The molecule has 100 valence electrons. The number of hydrogen-bond acceptors (Lipinski definition) is 2. The Bertz CT molecular complexity index is 555. The van der Waals surface area contributed by atoms with Crippen molar-refractivity contribution in [2.75, 3.05) is 7.05 Å². The zero-order valence-electron chi connectivity index (χ0n) is 11.0. The predicted molar refractivity (Wildman–Crippen MR) is 78.6 cm³/mol. The fraction of sp³-hybridized carbons (Fsp3) is 0.267. The second-order valence-electron chi connectivity index (χ2n) is 4.54. The first-order valence-electron chi connectivity index (χ1n) is 6.14. The molecular formula is C15H16BrFN2. The van der Waals surface area contributed by atoms with E-state index in [9.17, 15) is 4.39 Å². The second kappa shape index (κ2) is 6.26. The standard InChI is InChI=1S/C15H16BrFN2/c1-10-3-5-12(19-9-10)8-15(18-2)13-6-4-11(16)7-14(13)17/h3-7,9,15,18H,8H2,1-2H3. The Morgan fingerprint density at radius 2 is 2.11 bits per heavy atom. The van der Waals surface area contributed by atoms with E-state index in [0.29, 0.717) is 12.0 Å². The van der Waals surface area contributed by atoms with Gasteiger partial charge in [0.05, 0.1) is 0 Å². The third-order valence-corrected chi connectivity index (χ3v) is 3.57. The van der Waals surface area contributed by atoms with Crippen molar-refractivity contribution in [3.63, 3.8) is 0 Å². The van der Waals surface area contributed by atoms with Crippen LogP contribution in [0.4, 0.5) is 4.39 Å². The first kappa shape index (κ1) is 14.2. The number of halogens is 2. The van der Waals surface area contributed by atoms with E-state index in [0.717, 1.165) is 15.7 Å². The molecule has 1 heterocycles. The van der Waals surface area contributed by atoms with E-state index in [1.807, 2.05) is 38.4 Å². The summed E-state index contributed by atoms with van der Waals surface area (Å²) in [5, 5.41) is 3.15. The minimum atomic E-state index is -0.208. The molecule has 0 aliphatic heterocycles. The van der Waals surface area contributed by atoms with Crippen LogP contribution in [0.3, 0.4) is 0 Å². The van der Waals surface area contributed by atoms with Crippen LogP contribution in [0, 0.1) is 12.7 Å². The van der Waals surface area contributed by atoms with E-state index < -0.39 is 0 Å². The van der Waals surface area contributed by atoms with Crippen LogP contribution in [0.15, 0.2) is 41.0 Å². The summed E-state index contributed by atoms with van der Waals surface area (Å²) >= 11 is 3.27. The third kappa shape index (κ3) is 3.61. The summed E-state index contributed by atoms with van der Waals surface area (Å²) in [6.07, 6.45) is 2.50. The number of pyridine rings is 1. The molecule has 1 aromatic heterocycles. The maximum Gasteiger partial charge on any atom is 0.129 e. The van der Waals surface area contributed by atoms with Crippen LogP contribution in [0.2, 0.25) is 0 Å². The largest absolute Gasteiger partial charge is 0.313 e. The van der Waals surface area contributed by atoms with Gasteiger partial charge < -0.3 is 5.32 Å². The number of nitrogens with one attached hydrogen (secondary N) is 1. The number of nitrogens with zero attached hydrogens (tertiary/aromatic N) is 1. The van der Waals surface area contributed by atoms with Crippen molar-refractivity contribution < 1.29 is 4.39 Å². The van der Waals surface area contributed by atoms with Crippen LogP contribution >= 0.6 is 15.9 Å². The Balaban J connectivity index is 2.22. The van der Waals surface area contributed by atoms with E-state index in [1.165, 1.54) is 6.07 Å². The molecule has 2 aromatic rings. The molecule has 19 heavy (non-hydrogen) atoms. The maximum absolute atomic E-state index is 14.0. The van der Waals surface area contributed by atoms with Gasteiger partial charge >= 0.3 is 0 Å². The lowest BCUT2D eigenvalue weighted by atomic mass is 10.0. The van der Waals surface area contributed by atoms with E-state index in [4.69, 9.17) is 0 Å². The molecule has 0 saturated heterocycles. The summed E-state index contributed by atoms with van der Waals surface area (Å²) in [6.45, 7) is 2.00. The van der Waals surface area contributed by atoms with Crippen LogP contribution in [0.25, 0.3) is 0 Å². The second-order valence-corrected chi connectivity index (χ2v) is 5.45. The maximum atomic E-state index is 14.0. The lowest BCUT2D eigenvalue weighted by Crippen LogP contribution is -2.20. The van der Waals surface area contributed by atoms with Crippen molar-refractivity contribution in [3.8, 4) is 0 Å². The molecule has 0 radical (unpaired) electrons. The molecule has 2 nitrogen and oxygen atoms in total. The highest BCUT2D eigenvalue weighted by Crippen LogP contribution is 2.23. The lowest BCUT2D eigenvalue weighted by Gasteiger charge is -2.17. The molecule has 1 N–H and O–H groups in total. The van der Waals surface area contributed by atoms with Crippen LogP contribution in [-0.4, -0.2) is 12.0 Å². The number of aromatic nitrogens is 1. The number of aryl methyl sites for hydroxylation is 1. The molecule has 1 aromatic carbocycles. The summed E-state index contributed by atoms with van der Waals surface area (Å²) in [5.41, 5.74) is 2.74. The number of likely N-dealkylation sites (N-methyl/N-ethyl adjacent to an activating group) is 1. The smallest absolute Gasteiger partial charge is 0.129 e. The van der Waals surface area contributed by atoms with E-state index in [-0.39, 0.29) is 11.9 Å². The zero-order chi connectivity index (χ0) is 13.8. The Morgan fingerprint density at radius 1 is 1.32 bits per heavy atom. The average molecular weight is 323 g/mol. The monoisotopic (exact) mass is 322 g/mol. The molecule has 1 unspecified atom stereocenters. The Kier molecular flexibility index (Phi) is 4.66. The SMILES string of the molecule is CNC(Cc1ccc(C)cn1)c1ccc(Br)cc1F. The number of rotatable bonds is 4. The average Bonchev–Trinajstić information content (AvgIpc) is 2.39. The topological polar surface area (TPSA) is 24.9 Å². The molecule has 0 saturated carbocycles. The molecule has 0 bridgehead atoms. The van der Waals surface area contributed by atoms with Gasteiger partial charge in [-0.3, -0.25) is 4.98 Å². The lowest BCUT2D eigenvalue weighted by molar-refractivity contribution is 0.529. The quantitative estimate of drug-likeness (QED) is 0.926. The Hall–Kier alpha value is -1.26. The van der Waals surface area contributed by atoms with Crippen molar-refractivity contribution in [1.82, 2.24) is 10.3 Å². The highest BCUT2D eigenvalue weighted by atomic mass is 79.9. The van der Waals surface area contributed by atoms with Gasteiger partial charge in [0, 0.05) is 34.4 Å². The normalized spacial score (nSPS) is 12.4. The number of benzene rings is 1. The molecule has 0 aliphatic carbocycles. The fourth-order valence-corrected chi connectivity index (χ4v) is 2.31. The molecular weight excluding hydrogens is 307 g/mol. The third-order valence-electron chi connectivity index (χ3n) is 3.07. The van der Waals surface area contributed by atoms with Gasteiger partial charge in [0.2, 0.25) is 0 Å². The molecule has 4 heteroatoms. The van der Waals surface area contributed by atoms with E-state index >= 15 is 0 Å². The van der Waals surface area contributed by atoms with Crippen LogP contribution in [0.1, 0.15) is 22.9 Å². The number of hydrogen-bond donors (Lipinski definition) is 1. The molecule has 0 aliphatic rings. The minimum absolute atomic E-state index is 0.0803. The van der Waals surface area contributed by atoms with Gasteiger partial charge in [-0.15, -0.1) is 0 Å². The van der Waals surface area contributed by atoms with Gasteiger partial charge in [-0.2, -0.15) is 0 Å². The summed E-state index contributed by atoms with van der Waals surface area (Å²) < 4.78 is 14.7. The summed E-state index contributed by atoms with van der Waals surface area (Å²) in [7, 11) is 1.83. The summed E-state index contributed by atoms with van der Waals surface area (Å²) in [5.74, 6) is -0.208. The highest BCUT2D eigenvalue weighted by Gasteiger charge is 2.15. The molecule has 0 spiro atoms. The molecule has 0 amide bonds. The van der Waals surface area contributed by atoms with Gasteiger partial charge in [0.1, 0.15) is 5.82 Å². The van der Waals surface area contributed by atoms with Crippen molar-refractivity contribution in [1.29, 1.82) is 0 Å². The summed E-state index contributed by atoms with van der Waals surface area (Å²) in [4.78, 5) is 4.37. The zero-order valence-corrected chi connectivity index (χ0v) is 12.5. The van der Waals surface area contributed by atoms with Crippen LogP contribution in [-0.2, 0) is 6.42 Å². The fourth-order valence-electron chi connectivity index (χ4n) is 1.98. The van der Waals surface area contributed by atoms with Gasteiger partial charge in [0.25, 0.3) is 0 Å². The summed E-state index contributed by atoms with van der Waals surface area (Å²) in [6, 6.07) is 9.06. The van der Waals surface area contributed by atoms with E-state index in [1.54, 1.807) is 6.07 Å². The molecule has 1 atom stereocenters. The molecule has 2 rings (SSSR count). The van der Waals surface area contributed by atoms with E-state index in [2.05, 4.69) is 26.2 Å². The van der Waals surface area contributed by atoms with Crippen LogP contribution in [0.5, 0.6) is 0 Å². The van der Waals surface area contributed by atoms with Crippen LogP contribution < -0.4 is 5.32 Å². The Labute approximate surface area is 121 Å². The predicted octanol–water partition coefficient (Wildman–Crippen LogP) is 3.79. The first-order valence-corrected chi connectivity index (χ1v) is 6.93. The first-order chi connectivity index (χ1) is 9.10. The van der Waals surface area contributed by atoms with Gasteiger partial charge in [-0.1, -0.05) is 28.1 Å².